The lowest BCUT2D eigenvalue weighted by Gasteiger charge is -2.23. The lowest BCUT2D eigenvalue weighted by molar-refractivity contribution is 0.174. The lowest BCUT2D eigenvalue weighted by Crippen LogP contribution is -2.23. The van der Waals surface area contributed by atoms with Crippen LogP contribution in [0.2, 0.25) is 0 Å². The maximum Gasteiger partial charge on any atom is 0.231 e. The van der Waals surface area contributed by atoms with Crippen molar-refractivity contribution in [2.75, 3.05) is 13.3 Å². The van der Waals surface area contributed by atoms with Gasteiger partial charge in [-0.25, -0.2) is 4.98 Å². The molecule has 1 fully saturated rings. The molecule has 30 heavy (non-hydrogen) atoms. The van der Waals surface area contributed by atoms with Crippen LogP contribution in [0.4, 0.5) is 0 Å². The van der Waals surface area contributed by atoms with Crippen molar-refractivity contribution in [2.45, 2.75) is 25.4 Å². The normalized spacial score (nSPS) is 18.3. The van der Waals surface area contributed by atoms with Crippen LogP contribution in [0, 0.1) is 0 Å². The van der Waals surface area contributed by atoms with Crippen LogP contribution in [0.5, 0.6) is 11.5 Å². The first-order chi connectivity index (χ1) is 14.8. The Balaban J connectivity index is 1.28. The molecule has 0 N–H and O–H groups in total. The van der Waals surface area contributed by atoms with Crippen molar-refractivity contribution >= 4 is 5.52 Å². The first-order valence-electron chi connectivity index (χ1n) is 10.3. The lowest BCUT2D eigenvalue weighted by atomic mass is 10.1. The van der Waals surface area contributed by atoms with Gasteiger partial charge in [-0.15, -0.1) is 0 Å². The molecule has 0 spiro atoms. The molecule has 3 aromatic heterocycles. The number of ether oxygens (including phenoxy) is 2. The number of likely N-dealkylation sites (tertiary alicyclic amines) is 1. The van der Waals surface area contributed by atoms with Gasteiger partial charge in [-0.1, -0.05) is 18.2 Å². The minimum atomic E-state index is 0.312. The first-order valence-corrected chi connectivity index (χ1v) is 10.3. The first kappa shape index (κ1) is 17.5. The van der Waals surface area contributed by atoms with E-state index in [-0.39, 0.29) is 0 Å². The zero-order valence-electron chi connectivity index (χ0n) is 16.6. The van der Waals surface area contributed by atoms with Crippen LogP contribution in [-0.4, -0.2) is 32.6 Å². The second kappa shape index (κ2) is 7.15. The van der Waals surface area contributed by atoms with Crippen molar-refractivity contribution in [1.82, 2.24) is 19.3 Å². The van der Waals surface area contributed by atoms with Gasteiger partial charge in [-0.3, -0.25) is 9.88 Å². The van der Waals surface area contributed by atoms with Crippen molar-refractivity contribution in [2.24, 2.45) is 0 Å². The van der Waals surface area contributed by atoms with Gasteiger partial charge >= 0.3 is 0 Å². The Morgan fingerprint density at radius 1 is 1.03 bits per heavy atom. The van der Waals surface area contributed by atoms with E-state index < -0.39 is 0 Å². The quantitative estimate of drug-likeness (QED) is 0.508. The van der Waals surface area contributed by atoms with E-state index in [1.165, 1.54) is 17.5 Å². The Hall–Kier alpha value is -3.38. The third-order valence-electron chi connectivity index (χ3n) is 6.06. The standard InChI is InChI=1S/C24H22N4O2/c1-3-18(12-25-9-1)19-6-7-21-24(26-15-28(21)14-19)20-4-2-10-27(20)13-17-5-8-22-23(11-17)30-16-29-22/h1,3,5-9,11-12,14-15,20H,2,4,10,13,16H2/t20-/m1/s1. The SMILES string of the molecule is c1cncc(-c2ccc3c([C@H]4CCCN4Cc4ccc5c(c4)OCO5)ncn3c2)c1. The molecule has 1 saturated heterocycles. The van der Waals surface area contributed by atoms with Gasteiger partial charge in [0.05, 0.1) is 23.6 Å². The molecule has 1 atom stereocenters. The number of hydrogen-bond donors (Lipinski definition) is 0. The summed E-state index contributed by atoms with van der Waals surface area (Å²) in [4.78, 5) is 11.6. The summed E-state index contributed by atoms with van der Waals surface area (Å²) in [6.07, 6.45) is 10.1. The van der Waals surface area contributed by atoms with E-state index in [9.17, 15) is 0 Å². The molecule has 0 radical (unpaired) electrons. The molecule has 0 amide bonds. The van der Waals surface area contributed by atoms with Gasteiger partial charge in [0.15, 0.2) is 11.5 Å². The highest BCUT2D eigenvalue weighted by Gasteiger charge is 2.29. The van der Waals surface area contributed by atoms with Crippen LogP contribution in [0.3, 0.4) is 0 Å². The predicted octanol–water partition coefficient (Wildman–Crippen LogP) is 4.46. The molecule has 0 saturated carbocycles. The molecule has 150 valence electrons. The fraction of sp³-hybridized carbons (Fsp3) is 0.250. The molecular weight excluding hydrogens is 376 g/mol. The number of nitrogens with zero attached hydrogens (tertiary/aromatic N) is 4. The van der Waals surface area contributed by atoms with Crippen molar-refractivity contribution in [3.8, 4) is 22.6 Å². The zero-order chi connectivity index (χ0) is 19.9. The van der Waals surface area contributed by atoms with E-state index in [4.69, 9.17) is 14.5 Å². The second-order valence-corrected chi connectivity index (χ2v) is 7.90. The number of fused-ring (bicyclic) bond motifs is 2. The van der Waals surface area contributed by atoms with Gasteiger partial charge in [0.2, 0.25) is 6.79 Å². The summed E-state index contributed by atoms with van der Waals surface area (Å²) in [5, 5.41) is 0. The van der Waals surface area contributed by atoms with Gasteiger partial charge in [0.25, 0.3) is 0 Å². The summed E-state index contributed by atoms with van der Waals surface area (Å²) in [6.45, 7) is 2.27. The van der Waals surface area contributed by atoms with E-state index in [1.807, 2.05) is 24.7 Å². The molecule has 0 unspecified atom stereocenters. The van der Waals surface area contributed by atoms with Gasteiger partial charge in [0.1, 0.15) is 0 Å². The van der Waals surface area contributed by atoms with Crippen molar-refractivity contribution in [3.63, 3.8) is 0 Å². The largest absolute Gasteiger partial charge is 0.454 e. The maximum atomic E-state index is 5.55. The summed E-state index contributed by atoms with van der Waals surface area (Å²) in [5.41, 5.74) is 5.83. The molecule has 6 nitrogen and oxygen atoms in total. The fourth-order valence-corrected chi connectivity index (χ4v) is 4.58. The smallest absolute Gasteiger partial charge is 0.231 e. The van der Waals surface area contributed by atoms with Gasteiger partial charge in [0, 0.05) is 30.7 Å². The molecule has 0 aliphatic carbocycles. The summed E-state index contributed by atoms with van der Waals surface area (Å²) in [5.74, 6) is 1.68. The Kier molecular flexibility index (Phi) is 4.16. The summed E-state index contributed by atoms with van der Waals surface area (Å²) >= 11 is 0. The minimum absolute atomic E-state index is 0.312. The van der Waals surface area contributed by atoms with E-state index >= 15 is 0 Å². The van der Waals surface area contributed by atoms with Crippen LogP contribution in [-0.2, 0) is 6.54 Å². The van der Waals surface area contributed by atoms with Crippen molar-refractivity contribution in [1.29, 1.82) is 0 Å². The molecule has 0 bridgehead atoms. The van der Waals surface area contributed by atoms with Gasteiger partial charge in [-0.2, -0.15) is 0 Å². The summed E-state index contributed by atoms with van der Waals surface area (Å²) < 4.78 is 13.1. The van der Waals surface area contributed by atoms with Crippen LogP contribution in [0.25, 0.3) is 16.6 Å². The molecule has 4 aromatic rings. The number of pyridine rings is 2. The molecule has 1 aromatic carbocycles. The monoisotopic (exact) mass is 398 g/mol. The van der Waals surface area contributed by atoms with Crippen molar-refractivity contribution in [3.05, 3.63) is 78.6 Å². The average Bonchev–Trinajstić information content (AvgIpc) is 3.53. The molecule has 5 heterocycles. The third-order valence-corrected chi connectivity index (χ3v) is 6.06. The highest BCUT2D eigenvalue weighted by Crippen LogP contribution is 2.37. The Morgan fingerprint density at radius 2 is 2.00 bits per heavy atom. The van der Waals surface area contributed by atoms with Crippen LogP contribution in [0.1, 0.15) is 30.1 Å². The molecule has 6 rings (SSSR count). The highest BCUT2D eigenvalue weighted by molar-refractivity contribution is 5.66. The third kappa shape index (κ3) is 3.00. The summed E-state index contributed by atoms with van der Waals surface area (Å²) in [7, 11) is 0. The number of hydrogen-bond acceptors (Lipinski definition) is 5. The zero-order valence-corrected chi connectivity index (χ0v) is 16.6. The van der Waals surface area contributed by atoms with E-state index in [0.29, 0.717) is 12.8 Å². The van der Waals surface area contributed by atoms with Gasteiger partial charge in [-0.05, 0) is 54.8 Å². The number of rotatable bonds is 4. The van der Waals surface area contributed by atoms with Crippen LogP contribution < -0.4 is 9.47 Å². The average molecular weight is 398 g/mol. The van der Waals surface area contributed by atoms with Crippen molar-refractivity contribution < 1.29 is 9.47 Å². The van der Waals surface area contributed by atoms with E-state index in [2.05, 4.69) is 50.8 Å². The molecular formula is C24H22N4O2. The predicted molar refractivity (Wildman–Crippen MR) is 113 cm³/mol. The molecule has 6 heteroatoms. The van der Waals surface area contributed by atoms with Gasteiger partial charge < -0.3 is 13.9 Å². The topological polar surface area (TPSA) is 51.9 Å². The Morgan fingerprint density at radius 3 is 2.93 bits per heavy atom. The maximum absolute atomic E-state index is 5.55. The fourth-order valence-electron chi connectivity index (χ4n) is 4.58. The number of benzene rings is 1. The second-order valence-electron chi connectivity index (χ2n) is 7.90. The summed E-state index contributed by atoms with van der Waals surface area (Å²) in [6, 6.07) is 15.0. The highest BCUT2D eigenvalue weighted by atomic mass is 16.7. The number of imidazole rings is 1. The Bertz CT molecular complexity index is 1200. The van der Waals surface area contributed by atoms with Crippen LogP contribution in [0.15, 0.2) is 67.4 Å². The molecule has 2 aliphatic heterocycles. The Labute approximate surface area is 174 Å². The molecule has 2 aliphatic rings. The van der Waals surface area contributed by atoms with E-state index in [1.54, 1.807) is 6.20 Å². The van der Waals surface area contributed by atoms with E-state index in [0.717, 1.165) is 47.8 Å². The van der Waals surface area contributed by atoms with Crippen LogP contribution >= 0.6 is 0 Å². The number of aromatic nitrogens is 3. The minimum Gasteiger partial charge on any atom is -0.454 e.